The first-order valence-electron chi connectivity index (χ1n) is 6.61. The number of benzene rings is 1. The number of likely N-dealkylation sites (tertiary alicyclic amines) is 1. The Bertz CT molecular complexity index is 608. The van der Waals surface area contributed by atoms with E-state index >= 15 is 0 Å². The molecular formula is C14H16ClN3O2. The minimum Gasteiger partial charge on any atom is -0.387 e. The molecule has 1 fully saturated rings. The zero-order valence-corrected chi connectivity index (χ0v) is 12.0. The lowest BCUT2D eigenvalue weighted by atomic mass is 9.91. The van der Waals surface area contributed by atoms with Crippen LogP contribution in [0.4, 0.5) is 0 Å². The summed E-state index contributed by atoms with van der Waals surface area (Å²) in [6.07, 6.45) is 0.765. The van der Waals surface area contributed by atoms with Crippen LogP contribution in [0, 0.1) is 0 Å². The van der Waals surface area contributed by atoms with Gasteiger partial charge in [0.1, 0.15) is 0 Å². The third-order valence-electron chi connectivity index (χ3n) is 3.60. The molecule has 0 saturated carbocycles. The van der Waals surface area contributed by atoms with Gasteiger partial charge >= 0.3 is 0 Å². The van der Waals surface area contributed by atoms with E-state index in [1.165, 1.54) is 0 Å². The molecule has 2 heterocycles. The van der Waals surface area contributed by atoms with Gasteiger partial charge in [0, 0.05) is 23.7 Å². The van der Waals surface area contributed by atoms with Gasteiger partial charge in [0.25, 0.3) is 0 Å². The van der Waals surface area contributed by atoms with Gasteiger partial charge in [-0.1, -0.05) is 35.8 Å². The van der Waals surface area contributed by atoms with E-state index in [9.17, 15) is 5.11 Å². The molecule has 1 saturated heterocycles. The van der Waals surface area contributed by atoms with Crippen molar-refractivity contribution in [2.24, 2.45) is 0 Å². The molecular weight excluding hydrogens is 278 g/mol. The Kier molecular flexibility index (Phi) is 3.50. The lowest BCUT2D eigenvalue weighted by Gasteiger charge is -2.45. The second-order valence-corrected chi connectivity index (χ2v) is 5.68. The van der Waals surface area contributed by atoms with Crippen molar-refractivity contribution in [3.8, 4) is 11.4 Å². The highest BCUT2D eigenvalue weighted by Gasteiger charge is 2.39. The number of nitrogens with zero attached hydrogens (tertiary/aromatic N) is 3. The quantitative estimate of drug-likeness (QED) is 0.937. The van der Waals surface area contributed by atoms with Crippen LogP contribution < -0.4 is 0 Å². The summed E-state index contributed by atoms with van der Waals surface area (Å²) in [5, 5.41) is 14.6. The highest BCUT2D eigenvalue weighted by atomic mass is 35.5. The second kappa shape index (κ2) is 5.16. The number of rotatable bonds is 4. The molecule has 20 heavy (non-hydrogen) atoms. The monoisotopic (exact) mass is 293 g/mol. The Labute approximate surface area is 122 Å². The average Bonchev–Trinajstić information content (AvgIpc) is 2.85. The molecule has 0 spiro atoms. The molecule has 2 aromatic rings. The summed E-state index contributed by atoms with van der Waals surface area (Å²) in [6.45, 7) is 3.86. The molecule has 1 aromatic heterocycles. The van der Waals surface area contributed by atoms with Gasteiger partial charge < -0.3 is 9.63 Å². The van der Waals surface area contributed by atoms with E-state index in [2.05, 4.69) is 15.0 Å². The first-order valence-corrected chi connectivity index (χ1v) is 6.99. The highest BCUT2D eigenvalue weighted by Crippen LogP contribution is 2.26. The van der Waals surface area contributed by atoms with Crippen LogP contribution in [0.15, 0.2) is 28.8 Å². The van der Waals surface area contributed by atoms with Gasteiger partial charge in [-0.3, -0.25) is 4.90 Å². The Morgan fingerprint density at radius 3 is 2.95 bits per heavy atom. The number of hydrogen-bond acceptors (Lipinski definition) is 5. The molecule has 0 atom stereocenters. The normalized spacial score (nSPS) is 17.9. The molecule has 5 nitrogen and oxygen atoms in total. The van der Waals surface area contributed by atoms with Gasteiger partial charge in [-0.2, -0.15) is 4.98 Å². The zero-order valence-electron chi connectivity index (χ0n) is 11.2. The van der Waals surface area contributed by atoms with Crippen molar-refractivity contribution in [1.29, 1.82) is 0 Å². The van der Waals surface area contributed by atoms with Crippen LogP contribution in [-0.2, 0) is 6.54 Å². The first kappa shape index (κ1) is 13.5. The van der Waals surface area contributed by atoms with Crippen LogP contribution in [0.1, 0.15) is 19.2 Å². The summed E-state index contributed by atoms with van der Waals surface area (Å²) in [7, 11) is 0. The van der Waals surface area contributed by atoms with E-state index in [1.807, 2.05) is 19.1 Å². The van der Waals surface area contributed by atoms with Crippen molar-refractivity contribution in [1.82, 2.24) is 15.0 Å². The lowest BCUT2D eigenvalue weighted by Crippen LogP contribution is -2.60. The Morgan fingerprint density at radius 2 is 2.25 bits per heavy atom. The summed E-state index contributed by atoms with van der Waals surface area (Å²) >= 11 is 5.94. The molecule has 0 amide bonds. The van der Waals surface area contributed by atoms with Crippen molar-refractivity contribution in [2.45, 2.75) is 25.5 Å². The minimum atomic E-state index is -0.546. The van der Waals surface area contributed by atoms with E-state index in [1.54, 1.807) is 12.1 Å². The Morgan fingerprint density at radius 1 is 1.45 bits per heavy atom. The van der Waals surface area contributed by atoms with Gasteiger partial charge in [0.15, 0.2) is 0 Å². The van der Waals surface area contributed by atoms with Crippen LogP contribution in [-0.4, -0.2) is 38.8 Å². The summed E-state index contributed by atoms with van der Waals surface area (Å²) in [6, 6.07) is 7.35. The molecule has 3 rings (SSSR count). The maximum Gasteiger partial charge on any atom is 0.241 e. The van der Waals surface area contributed by atoms with Gasteiger partial charge in [0.2, 0.25) is 11.7 Å². The molecule has 1 aliphatic heterocycles. The predicted molar refractivity (Wildman–Crippen MR) is 75.3 cm³/mol. The molecule has 0 bridgehead atoms. The molecule has 1 aromatic carbocycles. The van der Waals surface area contributed by atoms with E-state index in [4.69, 9.17) is 16.1 Å². The fourth-order valence-electron chi connectivity index (χ4n) is 2.38. The average molecular weight is 294 g/mol. The number of β-amino-alcohol motifs (C(OH)–C–C–N with tert-alkyl or cyclic N) is 1. The van der Waals surface area contributed by atoms with Crippen LogP contribution in [0.25, 0.3) is 11.4 Å². The van der Waals surface area contributed by atoms with Crippen molar-refractivity contribution < 1.29 is 9.63 Å². The molecule has 106 valence electrons. The summed E-state index contributed by atoms with van der Waals surface area (Å²) in [4.78, 5) is 6.44. The van der Waals surface area contributed by atoms with Gasteiger partial charge in [-0.25, -0.2) is 0 Å². The highest BCUT2D eigenvalue weighted by molar-refractivity contribution is 6.30. The van der Waals surface area contributed by atoms with Crippen molar-refractivity contribution >= 4 is 11.6 Å². The molecule has 6 heteroatoms. The predicted octanol–water partition coefficient (Wildman–Crippen LogP) is 2.35. The largest absolute Gasteiger partial charge is 0.387 e. The summed E-state index contributed by atoms with van der Waals surface area (Å²) in [5.74, 6) is 1.09. The van der Waals surface area contributed by atoms with E-state index in [0.29, 0.717) is 36.4 Å². The van der Waals surface area contributed by atoms with Crippen LogP contribution in [0.5, 0.6) is 0 Å². The number of hydrogen-bond donors (Lipinski definition) is 1. The SMILES string of the molecule is CCC1(O)CN(Cc2nc(-c3cccc(Cl)c3)no2)C1. The van der Waals surface area contributed by atoms with Crippen LogP contribution in [0.2, 0.25) is 5.02 Å². The van der Waals surface area contributed by atoms with Gasteiger partial charge in [-0.15, -0.1) is 0 Å². The van der Waals surface area contributed by atoms with Gasteiger partial charge in [0.05, 0.1) is 12.1 Å². The number of halogens is 1. The third kappa shape index (κ3) is 2.70. The summed E-state index contributed by atoms with van der Waals surface area (Å²) in [5.41, 5.74) is 0.289. The molecule has 1 N–H and O–H groups in total. The van der Waals surface area contributed by atoms with E-state index in [0.717, 1.165) is 12.0 Å². The molecule has 0 unspecified atom stereocenters. The Balaban J connectivity index is 1.66. The van der Waals surface area contributed by atoms with Crippen molar-refractivity contribution in [3.05, 3.63) is 35.2 Å². The fraction of sp³-hybridized carbons (Fsp3) is 0.429. The third-order valence-corrected chi connectivity index (χ3v) is 3.84. The molecule has 0 radical (unpaired) electrons. The minimum absolute atomic E-state index is 0.536. The van der Waals surface area contributed by atoms with Crippen LogP contribution >= 0.6 is 11.6 Å². The lowest BCUT2D eigenvalue weighted by molar-refractivity contribution is -0.106. The maximum absolute atomic E-state index is 9.96. The number of aliphatic hydroxyl groups is 1. The smallest absolute Gasteiger partial charge is 0.241 e. The maximum atomic E-state index is 9.96. The van der Waals surface area contributed by atoms with Crippen molar-refractivity contribution in [3.63, 3.8) is 0 Å². The Hall–Kier alpha value is -1.43. The fourth-order valence-corrected chi connectivity index (χ4v) is 2.57. The van der Waals surface area contributed by atoms with Crippen molar-refractivity contribution in [2.75, 3.05) is 13.1 Å². The van der Waals surface area contributed by atoms with Gasteiger partial charge in [-0.05, 0) is 18.6 Å². The summed E-state index contributed by atoms with van der Waals surface area (Å²) < 4.78 is 5.24. The molecule has 1 aliphatic rings. The zero-order chi connectivity index (χ0) is 14.2. The molecule has 0 aliphatic carbocycles. The van der Waals surface area contributed by atoms with Crippen LogP contribution in [0.3, 0.4) is 0 Å². The topological polar surface area (TPSA) is 62.4 Å². The van der Waals surface area contributed by atoms with E-state index in [-0.39, 0.29) is 0 Å². The second-order valence-electron chi connectivity index (χ2n) is 5.25. The first-order chi connectivity index (χ1) is 9.58. The standard InChI is InChI=1S/C14H16ClN3O2/c1-2-14(19)8-18(9-14)7-12-16-13(17-20-12)10-4-3-5-11(15)6-10/h3-6,19H,2,7-9H2,1H3. The number of aromatic nitrogens is 2. The van der Waals surface area contributed by atoms with E-state index < -0.39 is 5.60 Å².